The summed E-state index contributed by atoms with van der Waals surface area (Å²) in [6, 6.07) is 10.9. The van der Waals surface area contributed by atoms with E-state index in [4.69, 9.17) is 9.47 Å². The molecule has 212 valence electrons. The normalized spacial score (nSPS) is 11.3. The van der Waals surface area contributed by atoms with Crippen LogP contribution in [-0.2, 0) is 11.2 Å². The van der Waals surface area contributed by atoms with Gasteiger partial charge in [0, 0.05) is 44.0 Å². The first kappa shape index (κ1) is 30.0. The summed E-state index contributed by atoms with van der Waals surface area (Å²) in [6.45, 7) is 5.22. The molecule has 1 aromatic heterocycles. The molecule has 0 aliphatic carbocycles. The third-order valence-corrected chi connectivity index (χ3v) is 6.46. The van der Waals surface area contributed by atoms with Gasteiger partial charge in [-0.05, 0) is 38.6 Å². The number of esters is 1. The van der Waals surface area contributed by atoms with Gasteiger partial charge in [-0.15, -0.1) is 0 Å². The molecule has 40 heavy (non-hydrogen) atoms. The van der Waals surface area contributed by atoms with E-state index in [2.05, 4.69) is 22.2 Å². The summed E-state index contributed by atoms with van der Waals surface area (Å²) in [7, 11) is 8.47. The second-order valence-corrected chi connectivity index (χ2v) is 9.31. The van der Waals surface area contributed by atoms with E-state index in [1.807, 2.05) is 61.2 Å². The fourth-order valence-electron chi connectivity index (χ4n) is 4.28. The number of allylic oxidation sites excluding steroid dienone is 1. The minimum Gasteiger partial charge on any atom is -0.494 e. The maximum atomic E-state index is 12.7. The summed E-state index contributed by atoms with van der Waals surface area (Å²) in [6.07, 6.45) is 4.06. The highest BCUT2D eigenvalue weighted by Crippen LogP contribution is 2.39. The summed E-state index contributed by atoms with van der Waals surface area (Å²) in [5.41, 5.74) is 3.97. The van der Waals surface area contributed by atoms with Gasteiger partial charge < -0.3 is 24.6 Å². The van der Waals surface area contributed by atoms with Crippen LogP contribution in [0.25, 0.3) is 5.57 Å². The Kier molecular flexibility index (Phi) is 10.2. The van der Waals surface area contributed by atoms with E-state index >= 15 is 0 Å². The SMILES string of the molecule is C/C=C(\c1ccccc1CC)c1nc(Nc2cc([N+](=O)[O-])c(N(C)CCN(C)C)cc2OC)ncc1C(=O)OC. The van der Waals surface area contributed by atoms with Crippen LogP contribution >= 0.6 is 0 Å². The third kappa shape index (κ3) is 6.73. The summed E-state index contributed by atoms with van der Waals surface area (Å²) >= 11 is 0. The largest absolute Gasteiger partial charge is 0.494 e. The summed E-state index contributed by atoms with van der Waals surface area (Å²) in [5.74, 6) is -0.0624. The van der Waals surface area contributed by atoms with Crippen LogP contribution in [0.5, 0.6) is 5.75 Å². The number of carbonyl (C=O) groups excluding carboxylic acids is 1. The molecule has 1 heterocycles. The smallest absolute Gasteiger partial charge is 0.341 e. The number of benzene rings is 2. The van der Waals surface area contributed by atoms with Gasteiger partial charge in [0.2, 0.25) is 5.95 Å². The van der Waals surface area contributed by atoms with E-state index in [0.717, 1.165) is 23.1 Å². The van der Waals surface area contributed by atoms with Crippen LogP contribution in [0.2, 0.25) is 0 Å². The van der Waals surface area contributed by atoms with Gasteiger partial charge in [0.25, 0.3) is 5.69 Å². The fraction of sp³-hybridized carbons (Fsp3) is 0.345. The van der Waals surface area contributed by atoms with Gasteiger partial charge in [-0.2, -0.15) is 0 Å². The van der Waals surface area contributed by atoms with Gasteiger partial charge in [-0.3, -0.25) is 10.1 Å². The number of hydrogen-bond donors (Lipinski definition) is 1. The number of aromatic nitrogens is 2. The molecule has 0 atom stereocenters. The van der Waals surface area contributed by atoms with Gasteiger partial charge in [0.05, 0.1) is 30.5 Å². The molecule has 3 aromatic rings. The fourth-order valence-corrected chi connectivity index (χ4v) is 4.28. The van der Waals surface area contributed by atoms with Crippen LogP contribution in [0.1, 0.15) is 41.0 Å². The second-order valence-electron chi connectivity index (χ2n) is 9.31. The lowest BCUT2D eigenvalue weighted by atomic mass is 9.93. The van der Waals surface area contributed by atoms with E-state index in [0.29, 0.717) is 35.9 Å². The average molecular weight is 549 g/mol. The number of carbonyl (C=O) groups is 1. The zero-order chi connectivity index (χ0) is 29.4. The molecule has 0 bridgehead atoms. The Morgan fingerprint density at radius 3 is 2.45 bits per heavy atom. The number of aryl methyl sites for hydroxylation is 1. The highest BCUT2D eigenvalue weighted by atomic mass is 16.6. The van der Waals surface area contributed by atoms with Crippen molar-refractivity contribution in [1.82, 2.24) is 14.9 Å². The van der Waals surface area contributed by atoms with Crippen LogP contribution < -0.4 is 15.0 Å². The first-order valence-electron chi connectivity index (χ1n) is 12.8. The van der Waals surface area contributed by atoms with Crippen molar-refractivity contribution in [3.63, 3.8) is 0 Å². The van der Waals surface area contributed by atoms with E-state index in [1.165, 1.54) is 26.5 Å². The minimum absolute atomic E-state index is 0.0954. The van der Waals surface area contributed by atoms with E-state index in [9.17, 15) is 14.9 Å². The Hall–Kier alpha value is -4.51. The molecule has 3 rings (SSSR count). The Morgan fingerprint density at radius 1 is 1.12 bits per heavy atom. The first-order valence-corrected chi connectivity index (χ1v) is 12.8. The minimum atomic E-state index is -0.576. The number of likely N-dealkylation sites (N-methyl/N-ethyl adjacent to an activating group) is 2. The molecule has 2 aromatic carbocycles. The number of ether oxygens (including phenoxy) is 2. The first-order chi connectivity index (χ1) is 19.1. The van der Waals surface area contributed by atoms with Crippen molar-refractivity contribution in [1.29, 1.82) is 0 Å². The number of nitro groups is 1. The molecule has 11 heteroatoms. The molecule has 0 spiro atoms. The van der Waals surface area contributed by atoms with Crippen molar-refractivity contribution in [2.75, 3.05) is 58.7 Å². The molecular formula is C29H36N6O5. The van der Waals surface area contributed by atoms with Crippen LogP contribution in [0, 0.1) is 10.1 Å². The van der Waals surface area contributed by atoms with E-state index in [-0.39, 0.29) is 17.2 Å². The number of nitro benzene ring substituents is 1. The lowest BCUT2D eigenvalue weighted by molar-refractivity contribution is -0.384. The summed E-state index contributed by atoms with van der Waals surface area (Å²) in [5, 5.41) is 15.1. The number of anilines is 3. The van der Waals surface area contributed by atoms with Crippen molar-refractivity contribution in [2.24, 2.45) is 0 Å². The van der Waals surface area contributed by atoms with Crippen molar-refractivity contribution < 1.29 is 19.2 Å². The molecule has 0 amide bonds. The zero-order valence-electron chi connectivity index (χ0n) is 24.0. The van der Waals surface area contributed by atoms with Gasteiger partial charge in [-0.1, -0.05) is 37.3 Å². The van der Waals surface area contributed by atoms with Crippen LogP contribution in [-0.4, -0.2) is 74.2 Å². The lowest BCUT2D eigenvalue weighted by Crippen LogP contribution is -2.29. The quantitative estimate of drug-likeness (QED) is 0.189. The monoisotopic (exact) mass is 548 g/mol. The molecular weight excluding hydrogens is 512 g/mol. The predicted octanol–water partition coefficient (Wildman–Crippen LogP) is 4.94. The maximum absolute atomic E-state index is 12.7. The molecule has 0 saturated heterocycles. The molecule has 0 aliphatic heterocycles. The number of hydrogen-bond acceptors (Lipinski definition) is 10. The Morgan fingerprint density at radius 2 is 1.85 bits per heavy atom. The van der Waals surface area contributed by atoms with Gasteiger partial charge in [0.15, 0.2) is 0 Å². The lowest BCUT2D eigenvalue weighted by Gasteiger charge is -2.23. The molecule has 0 fully saturated rings. The van der Waals surface area contributed by atoms with E-state index < -0.39 is 10.9 Å². The van der Waals surface area contributed by atoms with Crippen molar-refractivity contribution in [3.05, 3.63) is 81.2 Å². The Labute approximate surface area is 234 Å². The molecule has 0 radical (unpaired) electrons. The Balaban J connectivity index is 2.12. The highest BCUT2D eigenvalue weighted by Gasteiger charge is 2.24. The molecule has 0 saturated carbocycles. The second kappa shape index (κ2) is 13.5. The third-order valence-electron chi connectivity index (χ3n) is 6.46. The molecule has 11 nitrogen and oxygen atoms in total. The predicted molar refractivity (Wildman–Crippen MR) is 157 cm³/mol. The number of methoxy groups -OCH3 is 2. The van der Waals surface area contributed by atoms with Crippen LogP contribution in [0.4, 0.5) is 23.0 Å². The highest BCUT2D eigenvalue weighted by molar-refractivity contribution is 5.97. The van der Waals surface area contributed by atoms with E-state index in [1.54, 1.807) is 13.1 Å². The van der Waals surface area contributed by atoms with Crippen LogP contribution in [0.15, 0.2) is 48.7 Å². The van der Waals surface area contributed by atoms with Gasteiger partial charge in [-0.25, -0.2) is 14.8 Å². The van der Waals surface area contributed by atoms with Gasteiger partial charge >= 0.3 is 5.97 Å². The summed E-state index contributed by atoms with van der Waals surface area (Å²) in [4.78, 5) is 37.1. The zero-order valence-corrected chi connectivity index (χ0v) is 24.0. The van der Waals surface area contributed by atoms with Gasteiger partial charge in [0.1, 0.15) is 17.0 Å². The molecule has 1 N–H and O–H groups in total. The summed E-state index contributed by atoms with van der Waals surface area (Å²) < 4.78 is 10.6. The van der Waals surface area contributed by atoms with Crippen molar-refractivity contribution in [2.45, 2.75) is 20.3 Å². The number of nitrogens with one attached hydrogen (secondary N) is 1. The molecule has 0 aliphatic rings. The maximum Gasteiger partial charge on any atom is 0.341 e. The van der Waals surface area contributed by atoms with Crippen LogP contribution in [0.3, 0.4) is 0 Å². The van der Waals surface area contributed by atoms with Crippen molar-refractivity contribution >= 4 is 34.6 Å². The van der Waals surface area contributed by atoms with Crippen molar-refractivity contribution in [3.8, 4) is 5.75 Å². The standard InChI is InChI=1S/C29H36N6O5/c1-8-19-12-10-11-13-21(19)20(9-2)27-22(28(36)40-7)18-30-29(32-27)31-23-16-25(35(37)38)24(17-26(23)39-6)34(5)15-14-33(3)4/h9-13,16-18H,8,14-15H2,1-7H3,(H,30,31,32)/b20-9+. The number of nitrogens with zero attached hydrogens (tertiary/aromatic N) is 5. The average Bonchev–Trinajstić information content (AvgIpc) is 2.96. The topological polar surface area (TPSA) is 123 Å². The Bertz CT molecular complexity index is 1410. The molecule has 0 unspecified atom stereocenters. The number of rotatable bonds is 12.